The van der Waals surface area contributed by atoms with Crippen LogP contribution >= 0.6 is 0 Å². The van der Waals surface area contributed by atoms with Crippen molar-refractivity contribution in [1.82, 2.24) is 29.2 Å². The van der Waals surface area contributed by atoms with Crippen LogP contribution in [0.4, 0.5) is 17.3 Å². The molecular weight excluding hydrogens is 500 g/mol. The molecule has 4 aromatic rings. The predicted octanol–water partition coefficient (Wildman–Crippen LogP) is 4.34. The van der Waals surface area contributed by atoms with Crippen LogP contribution < -0.4 is 15.8 Å². The van der Waals surface area contributed by atoms with Crippen molar-refractivity contribution < 1.29 is 0 Å². The van der Waals surface area contributed by atoms with Crippen molar-refractivity contribution in [2.24, 2.45) is 11.8 Å². The van der Waals surface area contributed by atoms with Crippen LogP contribution in [0, 0.1) is 11.8 Å². The Labute approximate surface area is 234 Å². The first-order valence-corrected chi connectivity index (χ1v) is 14.5. The number of aromatic nitrogens is 5. The zero-order valence-electron chi connectivity index (χ0n) is 23.3. The SMILES string of the molecule is C=CCn1c(=O)c2cnc(Nc3ccc(N4C[C@H]5CN(CC)C[C@H]5C4)cc3)nc2n1-c1ccc2c(n1)C(C)CC2. The van der Waals surface area contributed by atoms with E-state index in [4.69, 9.17) is 9.97 Å². The summed E-state index contributed by atoms with van der Waals surface area (Å²) in [5.41, 5.74) is 4.93. The summed E-state index contributed by atoms with van der Waals surface area (Å²) in [5, 5.41) is 3.80. The van der Waals surface area contributed by atoms with Gasteiger partial charge in [-0.25, -0.2) is 19.3 Å². The number of allylic oxidation sites excluding steroid dienone is 1. The van der Waals surface area contributed by atoms with Crippen LogP contribution in [0.25, 0.3) is 16.9 Å². The second-order valence-electron chi connectivity index (χ2n) is 11.5. The monoisotopic (exact) mass is 536 g/mol. The van der Waals surface area contributed by atoms with Crippen molar-refractivity contribution in [2.75, 3.05) is 42.9 Å². The summed E-state index contributed by atoms with van der Waals surface area (Å²) in [6, 6.07) is 12.6. The largest absolute Gasteiger partial charge is 0.371 e. The van der Waals surface area contributed by atoms with Gasteiger partial charge in [0.2, 0.25) is 5.95 Å². The quantitative estimate of drug-likeness (QED) is 0.352. The van der Waals surface area contributed by atoms with Crippen LogP contribution in [0.3, 0.4) is 0 Å². The van der Waals surface area contributed by atoms with Gasteiger partial charge in [0.25, 0.3) is 5.56 Å². The summed E-state index contributed by atoms with van der Waals surface area (Å²) in [6.45, 7) is 14.5. The molecule has 40 heavy (non-hydrogen) atoms. The van der Waals surface area contributed by atoms with E-state index in [2.05, 4.69) is 70.9 Å². The van der Waals surface area contributed by atoms with Crippen molar-refractivity contribution in [1.29, 1.82) is 0 Å². The molecule has 0 amide bonds. The fraction of sp³-hybridized carbons (Fsp3) is 0.419. The Kier molecular flexibility index (Phi) is 6.19. The van der Waals surface area contributed by atoms with E-state index < -0.39 is 0 Å². The van der Waals surface area contributed by atoms with E-state index >= 15 is 0 Å². The molecule has 0 radical (unpaired) electrons. The molecule has 1 aliphatic carbocycles. The fourth-order valence-electron chi connectivity index (χ4n) is 6.81. The molecule has 7 rings (SSSR count). The number of likely N-dealkylation sites (tertiary alicyclic amines) is 1. The van der Waals surface area contributed by atoms with Gasteiger partial charge in [0.1, 0.15) is 5.39 Å². The van der Waals surface area contributed by atoms with Crippen molar-refractivity contribution in [3.63, 3.8) is 0 Å². The summed E-state index contributed by atoms with van der Waals surface area (Å²) in [5.74, 6) is 3.07. The molecule has 3 aliphatic rings. The number of pyridine rings is 1. The lowest BCUT2D eigenvalue weighted by Crippen LogP contribution is -2.28. The molecule has 1 aromatic carbocycles. The first kappa shape index (κ1) is 25.0. The molecule has 9 heteroatoms. The summed E-state index contributed by atoms with van der Waals surface area (Å²) in [4.78, 5) is 32.7. The van der Waals surface area contributed by atoms with Gasteiger partial charge in [-0.15, -0.1) is 6.58 Å². The lowest BCUT2D eigenvalue weighted by atomic mass is 10.0. The van der Waals surface area contributed by atoms with Crippen molar-refractivity contribution in [3.8, 4) is 5.82 Å². The third-order valence-electron chi connectivity index (χ3n) is 9.00. The maximum Gasteiger partial charge on any atom is 0.278 e. The highest BCUT2D eigenvalue weighted by Gasteiger charge is 2.39. The summed E-state index contributed by atoms with van der Waals surface area (Å²) < 4.78 is 3.44. The Morgan fingerprint density at radius 3 is 2.55 bits per heavy atom. The van der Waals surface area contributed by atoms with Crippen molar-refractivity contribution >= 4 is 28.4 Å². The van der Waals surface area contributed by atoms with Crippen LogP contribution in [0.1, 0.15) is 37.4 Å². The number of fused-ring (bicyclic) bond motifs is 3. The number of anilines is 3. The smallest absolute Gasteiger partial charge is 0.278 e. The maximum absolute atomic E-state index is 13.3. The van der Waals surface area contributed by atoms with Gasteiger partial charge in [-0.05, 0) is 73.0 Å². The van der Waals surface area contributed by atoms with Gasteiger partial charge in [0.15, 0.2) is 11.5 Å². The fourth-order valence-corrected chi connectivity index (χ4v) is 6.81. The van der Waals surface area contributed by atoms with Crippen LogP contribution in [0.15, 0.2) is 60.0 Å². The number of benzene rings is 1. The van der Waals surface area contributed by atoms with Gasteiger partial charge in [-0.2, -0.15) is 4.98 Å². The summed E-state index contributed by atoms with van der Waals surface area (Å²) >= 11 is 0. The molecule has 0 spiro atoms. The van der Waals surface area contributed by atoms with Gasteiger partial charge >= 0.3 is 0 Å². The minimum Gasteiger partial charge on any atom is -0.371 e. The number of rotatable bonds is 7. The lowest BCUT2D eigenvalue weighted by molar-refractivity contribution is 0.334. The Hall–Kier alpha value is -3.98. The van der Waals surface area contributed by atoms with Crippen LogP contribution in [0.5, 0.6) is 0 Å². The Morgan fingerprint density at radius 1 is 1.05 bits per heavy atom. The summed E-state index contributed by atoms with van der Waals surface area (Å²) in [6.07, 6.45) is 5.47. The zero-order valence-corrected chi connectivity index (χ0v) is 23.3. The highest BCUT2D eigenvalue weighted by molar-refractivity contribution is 5.77. The number of hydrogen-bond donors (Lipinski definition) is 1. The molecule has 0 saturated carbocycles. The average molecular weight is 537 g/mol. The highest BCUT2D eigenvalue weighted by Crippen LogP contribution is 2.35. The average Bonchev–Trinajstić information content (AvgIpc) is 3.71. The molecule has 0 bridgehead atoms. The highest BCUT2D eigenvalue weighted by atomic mass is 16.1. The normalized spacial score (nSPS) is 22.1. The Morgan fingerprint density at radius 2 is 1.82 bits per heavy atom. The van der Waals surface area contributed by atoms with Crippen molar-refractivity contribution in [2.45, 2.75) is 39.2 Å². The number of aryl methyl sites for hydroxylation is 1. The lowest BCUT2D eigenvalue weighted by Gasteiger charge is -2.22. The van der Waals surface area contributed by atoms with Gasteiger partial charge in [-0.1, -0.05) is 26.0 Å². The zero-order chi connectivity index (χ0) is 27.4. The van der Waals surface area contributed by atoms with Gasteiger partial charge in [-0.3, -0.25) is 4.79 Å². The van der Waals surface area contributed by atoms with Crippen molar-refractivity contribution in [3.05, 3.63) is 76.9 Å². The van der Waals surface area contributed by atoms with Crippen LogP contribution in [-0.4, -0.2) is 61.9 Å². The molecule has 1 unspecified atom stereocenters. The van der Waals surface area contributed by atoms with E-state index in [0.29, 0.717) is 35.3 Å². The second-order valence-corrected chi connectivity index (χ2v) is 11.5. The molecular formula is C31H36N8O. The minimum absolute atomic E-state index is 0.154. The molecule has 206 valence electrons. The third-order valence-corrected chi connectivity index (χ3v) is 9.00. The maximum atomic E-state index is 13.3. The predicted molar refractivity (Wildman–Crippen MR) is 159 cm³/mol. The number of nitrogens with zero attached hydrogens (tertiary/aromatic N) is 7. The van der Waals surface area contributed by atoms with E-state index in [0.717, 1.165) is 55.7 Å². The molecule has 9 nitrogen and oxygen atoms in total. The molecule has 3 aromatic heterocycles. The van der Waals surface area contributed by atoms with E-state index in [-0.39, 0.29) is 5.56 Å². The number of hydrogen-bond acceptors (Lipinski definition) is 7. The first-order chi connectivity index (χ1) is 19.5. The van der Waals surface area contributed by atoms with Gasteiger partial charge < -0.3 is 15.1 Å². The second kappa shape index (κ2) is 9.89. The molecule has 2 saturated heterocycles. The Bertz CT molecular complexity index is 1620. The van der Waals surface area contributed by atoms with E-state index in [1.54, 1.807) is 17.0 Å². The van der Waals surface area contributed by atoms with Crippen LogP contribution in [0.2, 0.25) is 0 Å². The number of nitrogens with one attached hydrogen (secondary N) is 1. The topological polar surface area (TPSA) is 84.1 Å². The molecule has 2 aliphatic heterocycles. The van der Waals surface area contributed by atoms with Gasteiger partial charge in [0.05, 0.1) is 6.54 Å². The Balaban J connectivity index is 1.17. The molecule has 2 fully saturated rings. The molecule has 3 atom stereocenters. The first-order valence-electron chi connectivity index (χ1n) is 14.5. The minimum atomic E-state index is -0.154. The van der Waals surface area contributed by atoms with Gasteiger partial charge in [0, 0.05) is 49.4 Å². The van der Waals surface area contributed by atoms with E-state index in [9.17, 15) is 4.79 Å². The van der Waals surface area contributed by atoms with E-state index in [1.165, 1.54) is 24.3 Å². The van der Waals surface area contributed by atoms with E-state index in [1.807, 2.05) is 10.7 Å². The third kappa shape index (κ3) is 4.20. The standard InChI is InChI=1S/C31H36N8O/c1-4-14-38-30(40)26-15-32-31(35-29(26)39(38)27-13-8-21-7-6-20(3)28(21)34-27)33-24-9-11-25(12-10-24)37-18-22-16-36(5-2)17-23(22)19-37/h4,8-13,15,20,22-23H,1,5-7,14,16-19H2,2-3H3,(H,32,33,35)/t20?,22-,23+. The molecule has 1 N–H and O–H groups in total. The summed E-state index contributed by atoms with van der Waals surface area (Å²) in [7, 11) is 0. The molecule has 5 heterocycles. The van der Waals surface area contributed by atoms with Crippen LogP contribution in [-0.2, 0) is 13.0 Å².